The van der Waals surface area contributed by atoms with Crippen LogP contribution >= 0.6 is 0 Å². The molecule has 0 radical (unpaired) electrons. The molecule has 5 nitrogen and oxygen atoms in total. The summed E-state index contributed by atoms with van der Waals surface area (Å²) in [6, 6.07) is 14.0. The van der Waals surface area contributed by atoms with Crippen LogP contribution in [0.5, 0.6) is 0 Å². The fourth-order valence-corrected chi connectivity index (χ4v) is 2.60. The Morgan fingerprint density at radius 1 is 1.09 bits per heavy atom. The van der Waals surface area contributed by atoms with Crippen LogP contribution in [0.4, 0.5) is 11.5 Å². The number of rotatable bonds is 4. The van der Waals surface area contributed by atoms with Crippen LogP contribution in [-0.2, 0) is 0 Å². The zero-order chi connectivity index (χ0) is 16.4. The molecule has 3 rings (SSSR count). The Morgan fingerprint density at radius 3 is 2.48 bits per heavy atom. The molecular weight excluding hydrogens is 288 g/mol. The van der Waals surface area contributed by atoms with E-state index in [-0.39, 0.29) is 6.04 Å². The standard InChI is InChI=1S/C18H20N4O/c1-11(14-7-5-4-6-8-14)20-18-15(19)9-10-16(21-18)17-12(2)22-23-13(17)3/h4-11H,19H2,1-3H3,(H,20,21). The zero-order valence-electron chi connectivity index (χ0n) is 13.5. The van der Waals surface area contributed by atoms with Crippen molar-refractivity contribution in [1.29, 1.82) is 0 Å². The van der Waals surface area contributed by atoms with Crippen LogP contribution in [0.15, 0.2) is 47.0 Å². The van der Waals surface area contributed by atoms with Gasteiger partial charge >= 0.3 is 0 Å². The van der Waals surface area contributed by atoms with Crippen LogP contribution in [0.3, 0.4) is 0 Å². The number of nitrogen functional groups attached to an aromatic ring is 1. The second kappa shape index (κ2) is 6.12. The Kier molecular flexibility index (Phi) is 4.02. The van der Waals surface area contributed by atoms with Gasteiger partial charge in [0.2, 0.25) is 0 Å². The molecule has 0 bridgehead atoms. The minimum Gasteiger partial charge on any atom is -0.396 e. The Labute approximate surface area is 135 Å². The third kappa shape index (κ3) is 3.04. The van der Waals surface area contributed by atoms with E-state index < -0.39 is 0 Å². The van der Waals surface area contributed by atoms with Crippen LogP contribution in [0.1, 0.15) is 30.0 Å². The van der Waals surface area contributed by atoms with E-state index in [9.17, 15) is 0 Å². The van der Waals surface area contributed by atoms with E-state index in [4.69, 9.17) is 10.3 Å². The molecule has 0 spiro atoms. The molecule has 0 saturated heterocycles. The number of benzene rings is 1. The van der Waals surface area contributed by atoms with Crippen molar-refractivity contribution in [2.24, 2.45) is 0 Å². The number of aromatic nitrogens is 2. The lowest BCUT2D eigenvalue weighted by atomic mass is 10.1. The van der Waals surface area contributed by atoms with Crippen molar-refractivity contribution in [3.63, 3.8) is 0 Å². The van der Waals surface area contributed by atoms with Crippen molar-refractivity contribution in [3.05, 3.63) is 59.5 Å². The van der Waals surface area contributed by atoms with Crippen molar-refractivity contribution in [3.8, 4) is 11.3 Å². The predicted octanol–water partition coefficient (Wildman–Crippen LogP) is 4.11. The highest BCUT2D eigenvalue weighted by Gasteiger charge is 2.15. The fraction of sp³-hybridized carbons (Fsp3) is 0.222. The van der Waals surface area contributed by atoms with Crippen molar-refractivity contribution < 1.29 is 4.52 Å². The third-order valence-corrected chi connectivity index (χ3v) is 3.87. The molecule has 0 aliphatic heterocycles. The molecule has 0 saturated carbocycles. The third-order valence-electron chi connectivity index (χ3n) is 3.87. The van der Waals surface area contributed by atoms with Gasteiger partial charge in [-0.1, -0.05) is 35.5 Å². The van der Waals surface area contributed by atoms with Gasteiger partial charge in [-0.15, -0.1) is 0 Å². The van der Waals surface area contributed by atoms with Crippen LogP contribution in [0.2, 0.25) is 0 Å². The predicted molar refractivity (Wildman–Crippen MR) is 92.1 cm³/mol. The Morgan fingerprint density at radius 2 is 1.83 bits per heavy atom. The van der Waals surface area contributed by atoms with Crippen LogP contribution in [0.25, 0.3) is 11.3 Å². The SMILES string of the molecule is Cc1noc(C)c1-c1ccc(N)c(NC(C)c2ccccc2)n1. The van der Waals surface area contributed by atoms with Gasteiger partial charge in [0.05, 0.1) is 28.7 Å². The van der Waals surface area contributed by atoms with Crippen LogP contribution in [-0.4, -0.2) is 10.1 Å². The average molecular weight is 308 g/mol. The van der Waals surface area contributed by atoms with E-state index in [1.54, 1.807) is 0 Å². The second-order valence-corrected chi connectivity index (χ2v) is 5.61. The van der Waals surface area contributed by atoms with Crippen molar-refractivity contribution in [2.75, 3.05) is 11.1 Å². The monoisotopic (exact) mass is 308 g/mol. The van der Waals surface area contributed by atoms with Crippen LogP contribution < -0.4 is 11.1 Å². The lowest BCUT2D eigenvalue weighted by Crippen LogP contribution is -2.10. The summed E-state index contributed by atoms with van der Waals surface area (Å²) in [4.78, 5) is 4.67. The summed E-state index contributed by atoms with van der Waals surface area (Å²) in [5.74, 6) is 1.42. The molecule has 0 aliphatic rings. The first kappa shape index (κ1) is 15.1. The summed E-state index contributed by atoms with van der Waals surface area (Å²) in [7, 11) is 0. The largest absolute Gasteiger partial charge is 0.396 e. The van der Waals surface area contributed by atoms with Crippen molar-refractivity contribution in [1.82, 2.24) is 10.1 Å². The molecule has 1 unspecified atom stereocenters. The van der Waals surface area contributed by atoms with Gasteiger partial charge in [0.15, 0.2) is 0 Å². The molecule has 0 fully saturated rings. The highest BCUT2D eigenvalue weighted by atomic mass is 16.5. The molecule has 2 aromatic heterocycles. The molecule has 23 heavy (non-hydrogen) atoms. The maximum Gasteiger partial charge on any atom is 0.150 e. The maximum absolute atomic E-state index is 6.08. The van der Waals surface area contributed by atoms with Crippen molar-refractivity contribution >= 4 is 11.5 Å². The topological polar surface area (TPSA) is 77.0 Å². The summed E-state index contributed by atoms with van der Waals surface area (Å²) >= 11 is 0. The summed E-state index contributed by atoms with van der Waals surface area (Å²) < 4.78 is 5.23. The van der Waals surface area contributed by atoms with Gasteiger partial charge in [0, 0.05) is 0 Å². The molecule has 0 aliphatic carbocycles. The maximum atomic E-state index is 6.08. The molecule has 3 N–H and O–H groups in total. The quantitative estimate of drug-likeness (QED) is 0.758. The first-order valence-electron chi connectivity index (χ1n) is 7.57. The Balaban J connectivity index is 1.93. The van der Waals surface area contributed by atoms with E-state index in [0.717, 1.165) is 22.7 Å². The highest BCUT2D eigenvalue weighted by molar-refractivity contribution is 5.71. The molecular formula is C18H20N4O. The normalized spacial score (nSPS) is 12.1. The van der Waals surface area contributed by atoms with Gasteiger partial charge in [-0.2, -0.15) is 0 Å². The number of anilines is 2. The number of nitrogens with two attached hydrogens (primary N) is 1. The number of pyridine rings is 1. The van der Waals surface area contributed by atoms with Gasteiger partial charge in [-0.05, 0) is 38.5 Å². The first-order valence-corrected chi connectivity index (χ1v) is 7.57. The number of hydrogen-bond acceptors (Lipinski definition) is 5. The Bertz CT molecular complexity index is 792. The van der Waals surface area contributed by atoms with Gasteiger partial charge in [-0.25, -0.2) is 4.98 Å². The summed E-state index contributed by atoms with van der Waals surface area (Å²) in [5, 5.41) is 7.37. The van der Waals surface area contributed by atoms with E-state index in [1.807, 2.05) is 44.2 Å². The van der Waals surface area contributed by atoms with E-state index in [2.05, 4.69) is 34.5 Å². The number of aryl methyl sites for hydroxylation is 2. The smallest absolute Gasteiger partial charge is 0.150 e. The molecule has 118 valence electrons. The molecule has 5 heteroatoms. The number of nitrogens with zero attached hydrogens (tertiary/aromatic N) is 2. The molecule has 1 aromatic carbocycles. The van der Waals surface area contributed by atoms with E-state index in [1.165, 1.54) is 5.56 Å². The average Bonchev–Trinajstić information content (AvgIpc) is 2.89. The molecule has 3 aromatic rings. The van der Waals surface area contributed by atoms with Gasteiger partial charge in [-0.3, -0.25) is 0 Å². The van der Waals surface area contributed by atoms with Gasteiger partial charge < -0.3 is 15.6 Å². The fourth-order valence-electron chi connectivity index (χ4n) is 2.60. The van der Waals surface area contributed by atoms with E-state index >= 15 is 0 Å². The van der Waals surface area contributed by atoms with Crippen molar-refractivity contribution in [2.45, 2.75) is 26.8 Å². The zero-order valence-corrected chi connectivity index (χ0v) is 13.5. The highest BCUT2D eigenvalue weighted by Crippen LogP contribution is 2.29. The lowest BCUT2D eigenvalue weighted by molar-refractivity contribution is 0.393. The minimum absolute atomic E-state index is 0.103. The summed E-state index contributed by atoms with van der Waals surface area (Å²) in [6.45, 7) is 5.87. The van der Waals surface area contributed by atoms with Gasteiger partial charge in [0.25, 0.3) is 0 Å². The minimum atomic E-state index is 0.103. The molecule has 0 amide bonds. The molecule has 2 heterocycles. The molecule has 1 atom stereocenters. The summed E-state index contributed by atoms with van der Waals surface area (Å²) in [6.07, 6.45) is 0. The van der Waals surface area contributed by atoms with Crippen LogP contribution in [0, 0.1) is 13.8 Å². The lowest BCUT2D eigenvalue weighted by Gasteiger charge is -2.17. The second-order valence-electron chi connectivity index (χ2n) is 5.61. The number of hydrogen-bond donors (Lipinski definition) is 2. The van der Waals surface area contributed by atoms with E-state index in [0.29, 0.717) is 11.5 Å². The number of nitrogens with one attached hydrogen (secondary N) is 1. The summed E-state index contributed by atoms with van der Waals surface area (Å²) in [5.41, 5.74) is 10.4. The first-order chi connectivity index (χ1) is 11.1. The Hall–Kier alpha value is -2.82. The van der Waals surface area contributed by atoms with Gasteiger partial charge in [0.1, 0.15) is 11.6 Å².